The van der Waals surface area contributed by atoms with Gasteiger partial charge in [-0.15, -0.1) is 0 Å². The molecule has 0 aromatic heterocycles. The second-order valence-corrected chi connectivity index (χ2v) is 5.00. The van der Waals surface area contributed by atoms with Gasteiger partial charge in [0.25, 0.3) is 0 Å². The van der Waals surface area contributed by atoms with E-state index in [9.17, 15) is 5.11 Å². The Morgan fingerprint density at radius 1 is 0.889 bits per heavy atom. The van der Waals surface area contributed by atoms with E-state index in [2.05, 4.69) is 37.3 Å². The zero-order valence-corrected chi connectivity index (χ0v) is 10.8. The summed E-state index contributed by atoms with van der Waals surface area (Å²) in [7, 11) is 0. The summed E-state index contributed by atoms with van der Waals surface area (Å²) in [4.78, 5) is 0. The van der Waals surface area contributed by atoms with Gasteiger partial charge in [-0.25, -0.2) is 0 Å². The molecule has 0 radical (unpaired) electrons. The van der Waals surface area contributed by atoms with Crippen molar-refractivity contribution in [2.45, 2.75) is 26.2 Å². The molecule has 1 nitrogen and oxygen atoms in total. The molecule has 0 saturated carbocycles. The standard InChI is InChI=1S/C17H20O/c1-14(7-8-15-5-3-2-4-6-15)13-16-9-11-17(18)12-10-16/h2-6,9-12,14,18H,7-8,13H2,1H3. The minimum atomic E-state index is 0.343. The molecule has 0 aliphatic rings. The maximum atomic E-state index is 9.24. The molecule has 18 heavy (non-hydrogen) atoms. The van der Waals surface area contributed by atoms with Gasteiger partial charge in [0.05, 0.1) is 0 Å². The fourth-order valence-electron chi connectivity index (χ4n) is 2.19. The summed E-state index contributed by atoms with van der Waals surface area (Å²) in [6.07, 6.45) is 3.41. The molecule has 1 unspecified atom stereocenters. The molecule has 0 fully saturated rings. The Bertz CT molecular complexity index is 459. The highest BCUT2D eigenvalue weighted by atomic mass is 16.3. The summed E-state index contributed by atoms with van der Waals surface area (Å²) in [5.74, 6) is 1.01. The van der Waals surface area contributed by atoms with Crippen LogP contribution in [0.3, 0.4) is 0 Å². The molecule has 0 bridgehead atoms. The zero-order valence-electron chi connectivity index (χ0n) is 10.8. The van der Waals surface area contributed by atoms with Crippen LogP contribution in [0, 0.1) is 5.92 Å². The van der Waals surface area contributed by atoms with E-state index in [1.165, 1.54) is 17.5 Å². The van der Waals surface area contributed by atoms with Crippen molar-refractivity contribution in [1.29, 1.82) is 0 Å². The molecule has 0 amide bonds. The number of phenols is 1. The molecule has 1 atom stereocenters. The highest BCUT2D eigenvalue weighted by Crippen LogP contribution is 2.17. The van der Waals surface area contributed by atoms with Crippen LogP contribution in [-0.2, 0) is 12.8 Å². The summed E-state index contributed by atoms with van der Waals surface area (Å²) >= 11 is 0. The van der Waals surface area contributed by atoms with Crippen LogP contribution in [0.4, 0.5) is 0 Å². The molecule has 1 heteroatoms. The van der Waals surface area contributed by atoms with Gasteiger partial charge in [-0.05, 0) is 48.4 Å². The van der Waals surface area contributed by atoms with E-state index < -0.39 is 0 Å². The van der Waals surface area contributed by atoms with Crippen molar-refractivity contribution in [1.82, 2.24) is 0 Å². The third kappa shape index (κ3) is 3.92. The van der Waals surface area contributed by atoms with Crippen LogP contribution >= 0.6 is 0 Å². The van der Waals surface area contributed by atoms with Gasteiger partial charge >= 0.3 is 0 Å². The lowest BCUT2D eigenvalue weighted by molar-refractivity contribution is 0.474. The Labute approximate surface area is 109 Å². The molecule has 0 spiro atoms. The molecule has 2 rings (SSSR count). The van der Waals surface area contributed by atoms with Crippen LogP contribution in [-0.4, -0.2) is 5.11 Å². The molecule has 0 aliphatic carbocycles. The molecule has 2 aromatic carbocycles. The first-order valence-electron chi connectivity index (χ1n) is 6.56. The predicted octanol–water partition coefficient (Wildman–Crippen LogP) is 4.20. The van der Waals surface area contributed by atoms with Gasteiger partial charge in [0, 0.05) is 0 Å². The smallest absolute Gasteiger partial charge is 0.115 e. The number of phenolic OH excluding ortho intramolecular Hbond substituents is 1. The van der Waals surface area contributed by atoms with Crippen molar-refractivity contribution in [3.8, 4) is 5.75 Å². The fraction of sp³-hybridized carbons (Fsp3) is 0.294. The highest BCUT2D eigenvalue weighted by molar-refractivity contribution is 5.26. The molecule has 0 saturated heterocycles. The average Bonchev–Trinajstić information content (AvgIpc) is 2.40. The SMILES string of the molecule is CC(CCc1ccccc1)Cc1ccc(O)cc1. The molecule has 94 valence electrons. The first-order chi connectivity index (χ1) is 8.74. The lowest BCUT2D eigenvalue weighted by Gasteiger charge is -2.11. The lowest BCUT2D eigenvalue weighted by Crippen LogP contribution is -2.01. The molecule has 0 aliphatic heterocycles. The fourth-order valence-corrected chi connectivity index (χ4v) is 2.19. The van der Waals surface area contributed by atoms with Gasteiger partial charge in [-0.2, -0.15) is 0 Å². The topological polar surface area (TPSA) is 20.2 Å². The number of hydrogen-bond acceptors (Lipinski definition) is 1. The number of rotatable bonds is 5. The predicted molar refractivity (Wildman–Crippen MR) is 75.7 cm³/mol. The Morgan fingerprint density at radius 3 is 2.22 bits per heavy atom. The van der Waals surface area contributed by atoms with Crippen molar-refractivity contribution in [2.24, 2.45) is 5.92 Å². The van der Waals surface area contributed by atoms with E-state index in [-0.39, 0.29) is 0 Å². The maximum Gasteiger partial charge on any atom is 0.115 e. The Kier molecular flexibility index (Phi) is 4.40. The molecular formula is C17H20O. The van der Waals surface area contributed by atoms with Crippen LogP contribution < -0.4 is 0 Å². The van der Waals surface area contributed by atoms with E-state index in [0.717, 1.165) is 12.8 Å². The van der Waals surface area contributed by atoms with E-state index in [0.29, 0.717) is 11.7 Å². The van der Waals surface area contributed by atoms with Gasteiger partial charge < -0.3 is 5.11 Å². The second kappa shape index (κ2) is 6.25. The monoisotopic (exact) mass is 240 g/mol. The van der Waals surface area contributed by atoms with Crippen LogP contribution in [0.15, 0.2) is 54.6 Å². The molecular weight excluding hydrogens is 220 g/mol. The minimum absolute atomic E-state index is 0.343. The Hall–Kier alpha value is -1.76. The largest absolute Gasteiger partial charge is 0.508 e. The second-order valence-electron chi connectivity index (χ2n) is 5.00. The van der Waals surface area contributed by atoms with Gasteiger partial charge in [0.2, 0.25) is 0 Å². The Balaban J connectivity index is 1.82. The first-order valence-corrected chi connectivity index (χ1v) is 6.56. The van der Waals surface area contributed by atoms with Crippen molar-refractivity contribution in [3.05, 3.63) is 65.7 Å². The molecule has 1 N–H and O–H groups in total. The summed E-state index contributed by atoms with van der Waals surface area (Å²) in [5, 5.41) is 9.24. The normalized spacial score (nSPS) is 12.3. The quantitative estimate of drug-likeness (QED) is 0.830. The van der Waals surface area contributed by atoms with Crippen LogP contribution in [0.5, 0.6) is 5.75 Å². The van der Waals surface area contributed by atoms with Crippen molar-refractivity contribution in [3.63, 3.8) is 0 Å². The van der Waals surface area contributed by atoms with Crippen LogP contribution in [0.25, 0.3) is 0 Å². The number of benzene rings is 2. The van der Waals surface area contributed by atoms with Crippen molar-refractivity contribution < 1.29 is 5.11 Å². The third-order valence-electron chi connectivity index (χ3n) is 3.29. The first kappa shape index (κ1) is 12.7. The third-order valence-corrected chi connectivity index (χ3v) is 3.29. The summed E-state index contributed by atoms with van der Waals surface area (Å²) in [5.41, 5.74) is 2.71. The van der Waals surface area contributed by atoms with E-state index in [4.69, 9.17) is 0 Å². The highest BCUT2D eigenvalue weighted by Gasteiger charge is 2.04. The number of aromatic hydroxyl groups is 1. The van der Waals surface area contributed by atoms with Crippen LogP contribution in [0.2, 0.25) is 0 Å². The minimum Gasteiger partial charge on any atom is -0.508 e. The molecule has 2 aromatic rings. The van der Waals surface area contributed by atoms with Crippen molar-refractivity contribution in [2.75, 3.05) is 0 Å². The summed E-state index contributed by atoms with van der Waals surface area (Å²) in [6.45, 7) is 2.29. The van der Waals surface area contributed by atoms with E-state index in [1.54, 1.807) is 12.1 Å². The zero-order chi connectivity index (χ0) is 12.8. The molecule has 0 heterocycles. The Morgan fingerprint density at radius 2 is 1.56 bits per heavy atom. The van der Waals surface area contributed by atoms with E-state index in [1.807, 2.05) is 12.1 Å². The lowest BCUT2D eigenvalue weighted by atomic mass is 9.94. The summed E-state index contributed by atoms with van der Waals surface area (Å²) in [6, 6.07) is 18.2. The van der Waals surface area contributed by atoms with Gasteiger partial charge in [-0.1, -0.05) is 49.4 Å². The van der Waals surface area contributed by atoms with Gasteiger partial charge in [0.1, 0.15) is 5.75 Å². The number of hydrogen-bond donors (Lipinski definition) is 1. The maximum absolute atomic E-state index is 9.24. The summed E-state index contributed by atoms with van der Waals surface area (Å²) < 4.78 is 0. The van der Waals surface area contributed by atoms with Crippen LogP contribution in [0.1, 0.15) is 24.5 Å². The average molecular weight is 240 g/mol. The van der Waals surface area contributed by atoms with Gasteiger partial charge in [0.15, 0.2) is 0 Å². The van der Waals surface area contributed by atoms with E-state index >= 15 is 0 Å². The van der Waals surface area contributed by atoms with Gasteiger partial charge in [-0.3, -0.25) is 0 Å². The number of aryl methyl sites for hydroxylation is 1. The van der Waals surface area contributed by atoms with Crippen molar-refractivity contribution >= 4 is 0 Å².